The van der Waals surface area contributed by atoms with Crippen LogP contribution in [0.4, 0.5) is 5.82 Å². The smallest absolute Gasteiger partial charge is 0.293 e. The zero-order valence-electron chi connectivity index (χ0n) is 20.1. The predicted molar refractivity (Wildman–Crippen MR) is 136 cm³/mol. The molecule has 1 aliphatic rings. The molecule has 1 N–H and O–H groups in total. The van der Waals surface area contributed by atoms with E-state index in [0.717, 1.165) is 41.1 Å². The summed E-state index contributed by atoms with van der Waals surface area (Å²) < 4.78 is 7.00. The van der Waals surface area contributed by atoms with E-state index in [0.29, 0.717) is 23.3 Å². The summed E-state index contributed by atoms with van der Waals surface area (Å²) in [5, 5.41) is 3.97. The van der Waals surface area contributed by atoms with E-state index >= 15 is 0 Å². The number of nitrogens with one attached hydrogen (secondary N) is 1. The fourth-order valence-corrected chi connectivity index (χ4v) is 4.92. The second kappa shape index (κ2) is 10.1. The molecule has 1 amide bonds. The van der Waals surface area contributed by atoms with Crippen LogP contribution in [-0.2, 0) is 18.3 Å². The summed E-state index contributed by atoms with van der Waals surface area (Å²) in [7, 11) is 3.22. The van der Waals surface area contributed by atoms with Gasteiger partial charge in [0, 0.05) is 39.0 Å². The first-order valence-electron chi connectivity index (χ1n) is 11.6. The molecule has 0 saturated carbocycles. The average Bonchev–Trinajstić information content (AvgIpc) is 2.81. The molecule has 4 rings (SSSR count). The van der Waals surface area contributed by atoms with Gasteiger partial charge in [0.1, 0.15) is 5.82 Å². The molecule has 1 saturated heterocycles. The molecule has 0 spiro atoms. The number of ether oxygens (including phenoxy) is 1. The molecule has 3 heterocycles. The Bertz CT molecular complexity index is 1260. The number of piperidine rings is 1. The summed E-state index contributed by atoms with van der Waals surface area (Å²) in [4.78, 5) is 31.4. The van der Waals surface area contributed by atoms with Gasteiger partial charge in [-0.3, -0.25) is 9.59 Å². The molecule has 0 aliphatic carbocycles. The Balaban J connectivity index is 1.62. The highest BCUT2D eigenvalue weighted by atomic mass is 35.5. The van der Waals surface area contributed by atoms with Crippen molar-refractivity contribution in [2.75, 3.05) is 31.6 Å². The van der Waals surface area contributed by atoms with Crippen molar-refractivity contribution in [2.45, 2.75) is 26.7 Å². The monoisotopic (exact) mass is 482 g/mol. The van der Waals surface area contributed by atoms with Crippen LogP contribution in [0, 0.1) is 11.8 Å². The van der Waals surface area contributed by atoms with Gasteiger partial charge in [0.05, 0.1) is 16.2 Å². The van der Waals surface area contributed by atoms with Gasteiger partial charge in [-0.25, -0.2) is 4.98 Å². The molecule has 1 aromatic carbocycles. The van der Waals surface area contributed by atoms with E-state index in [1.807, 2.05) is 30.3 Å². The number of nitrogens with zero attached hydrogens (tertiary/aromatic N) is 3. The van der Waals surface area contributed by atoms with Crippen LogP contribution in [-0.4, -0.2) is 42.2 Å². The molecule has 8 heteroatoms. The minimum absolute atomic E-state index is 0.141. The lowest BCUT2D eigenvalue weighted by Gasteiger charge is -2.36. The SMILES string of the molecule is CNC(=O)COc1cc2cc(Cc3nc(N4C[C@H](C)C[C@H](C)C4)ccc3Cl)ccc2n(C)c1=O. The number of carbonyl (C=O) groups excluding carboxylic acids is 1. The topological polar surface area (TPSA) is 76.5 Å². The summed E-state index contributed by atoms with van der Waals surface area (Å²) in [5.41, 5.74) is 2.34. The number of aromatic nitrogens is 2. The number of anilines is 1. The van der Waals surface area contributed by atoms with Gasteiger partial charge in [0.2, 0.25) is 0 Å². The molecule has 1 fully saturated rings. The number of rotatable bonds is 6. The Labute approximate surface area is 204 Å². The lowest BCUT2D eigenvalue weighted by molar-refractivity contribution is -0.122. The van der Waals surface area contributed by atoms with Crippen LogP contribution in [0.2, 0.25) is 5.02 Å². The number of benzene rings is 1. The number of likely N-dealkylation sites (N-methyl/N-ethyl adjacent to an activating group) is 1. The lowest BCUT2D eigenvalue weighted by Crippen LogP contribution is -2.39. The molecule has 2 aromatic heterocycles. The number of fused-ring (bicyclic) bond motifs is 1. The minimum atomic E-state index is -0.297. The van der Waals surface area contributed by atoms with Crippen molar-refractivity contribution in [3.63, 3.8) is 0 Å². The molecular formula is C26H31ClN4O3. The van der Waals surface area contributed by atoms with E-state index in [9.17, 15) is 9.59 Å². The third-order valence-electron chi connectivity index (χ3n) is 6.36. The van der Waals surface area contributed by atoms with E-state index < -0.39 is 0 Å². The van der Waals surface area contributed by atoms with E-state index in [4.69, 9.17) is 21.3 Å². The highest BCUT2D eigenvalue weighted by Gasteiger charge is 2.23. The summed E-state index contributed by atoms with van der Waals surface area (Å²) in [6.07, 6.45) is 1.81. The maximum absolute atomic E-state index is 12.6. The Morgan fingerprint density at radius 1 is 1.18 bits per heavy atom. The van der Waals surface area contributed by atoms with Gasteiger partial charge >= 0.3 is 0 Å². The summed E-state index contributed by atoms with van der Waals surface area (Å²) >= 11 is 6.53. The van der Waals surface area contributed by atoms with Crippen molar-refractivity contribution in [3.05, 3.63) is 63.0 Å². The van der Waals surface area contributed by atoms with Crippen LogP contribution >= 0.6 is 11.6 Å². The van der Waals surface area contributed by atoms with Crippen molar-refractivity contribution in [1.29, 1.82) is 0 Å². The zero-order chi connectivity index (χ0) is 24.4. The van der Waals surface area contributed by atoms with E-state index in [-0.39, 0.29) is 23.8 Å². The van der Waals surface area contributed by atoms with Gasteiger partial charge < -0.3 is 19.5 Å². The Morgan fingerprint density at radius 3 is 2.62 bits per heavy atom. The fraction of sp³-hybridized carbons (Fsp3) is 0.423. The first-order valence-corrected chi connectivity index (χ1v) is 12.0. The van der Waals surface area contributed by atoms with Crippen molar-refractivity contribution in [3.8, 4) is 5.75 Å². The number of carbonyl (C=O) groups is 1. The van der Waals surface area contributed by atoms with Crippen LogP contribution in [0.25, 0.3) is 10.9 Å². The van der Waals surface area contributed by atoms with Gasteiger partial charge in [0.15, 0.2) is 12.4 Å². The Kier molecular flexibility index (Phi) is 7.12. The number of amides is 1. The minimum Gasteiger partial charge on any atom is -0.478 e. The summed E-state index contributed by atoms with van der Waals surface area (Å²) in [6, 6.07) is 11.5. The first kappa shape index (κ1) is 24.1. The zero-order valence-corrected chi connectivity index (χ0v) is 20.9. The standard InChI is InChI=1S/C26H31ClN4O3/c1-16-9-17(2)14-31(13-16)24-8-6-20(27)21(29-24)11-18-5-7-22-19(10-18)12-23(26(33)30(22)4)34-15-25(32)28-3/h5-8,10,12,16-17H,9,11,13-15H2,1-4H3,(H,28,32)/t16-,17+. The molecular weight excluding hydrogens is 452 g/mol. The molecule has 0 bridgehead atoms. The maximum atomic E-state index is 12.6. The normalized spacial score (nSPS) is 18.2. The second-order valence-corrected chi connectivity index (χ2v) is 9.76. The van der Waals surface area contributed by atoms with Crippen LogP contribution in [0.5, 0.6) is 5.75 Å². The first-order chi connectivity index (χ1) is 16.2. The summed E-state index contributed by atoms with van der Waals surface area (Å²) in [6.45, 7) is 6.36. The van der Waals surface area contributed by atoms with Crippen LogP contribution < -0.4 is 20.5 Å². The van der Waals surface area contributed by atoms with Crippen molar-refractivity contribution in [1.82, 2.24) is 14.9 Å². The second-order valence-electron chi connectivity index (χ2n) is 9.35. The van der Waals surface area contributed by atoms with E-state index in [2.05, 4.69) is 24.1 Å². The van der Waals surface area contributed by atoms with E-state index in [1.165, 1.54) is 18.0 Å². The van der Waals surface area contributed by atoms with Gasteiger partial charge in [0.25, 0.3) is 11.5 Å². The number of pyridine rings is 2. The van der Waals surface area contributed by atoms with Gasteiger partial charge in [-0.15, -0.1) is 0 Å². The van der Waals surface area contributed by atoms with Crippen molar-refractivity contribution >= 4 is 34.2 Å². The third-order valence-corrected chi connectivity index (χ3v) is 6.71. The molecule has 180 valence electrons. The maximum Gasteiger partial charge on any atom is 0.293 e. The lowest BCUT2D eigenvalue weighted by atomic mass is 9.92. The third kappa shape index (κ3) is 5.20. The molecule has 1 aliphatic heterocycles. The van der Waals surface area contributed by atoms with E-state index in [1.54, 1.807) is 13.1 Å². The van der Waals surface area contributed by atoms with Gasteiger partial charge in [-0.2, -0.15) is 0 Å². The van der Waals surface area contributed by atoms with Crippen LogP contribution in [0.15, 0.2) is 41.2 Å². The fourth-order valence-electron chi connectivity index (χ4n) is 4.75. The Morgan fingerprint density at radius 2 is 1.91 bits per heavy atom. The molecule has 2 atom stereocenters. The number of hydrogen-bond acceptors (Lipinski definition) is 5. The van der Waals surface area contributed by atoms with Gasteiger partial charge in [-0.1, -0.05) is 31.5 Å². The van der Waals surface area contributed by atoms with Gasteiger partial charge in [-0.05, 0) is 54.2 Å². The van der Waals surface area contributed by atoms with Crippen LogP contribution in [0.3, 0.4) is 0 Å². The van der Waals surface area contributed by atoms with Crippen molar-refractivity contribution < 1.29 is 9.53 Å². The summed E-state index contributed by atoms with van der Waals surface area (Å²) in [5.74, 6) is 2.08. The predicted octanol–water partition coefficient (Wildman–Crippen LogP) is 3.78. The number of aryl methyl sites for hydroxylation is 1. The molecule has 3 aromatic rings. The number of halogens is 1. The Hall–Kier alpha value is -3.06. The molecule has 0 radical (unpaired) electrons. The average molecular weight is 483 g/mol. The van der Waals surface area contributed by atoms with Crippen molar-refractivity contribution in [2.24, 2.45) is 18.9 Å². The highest BCUT2D eigenvalue weighted by Crippen LogP contribution is 2.28. The largest absolute Gasteiger partial charge is 0.478 e. The highest BCUT2D eigenvalue weighted by molar-refractivity contribution is 6.31. The number of hydrogen-bond donors (Lipinski definition) is 1. The quantitative estimate of drug-likeness (QED) is 0.578. The molecule has 0 unspecified atom stereocenters. The van der Waals surface area contributed by atoms with Crippen LogP contribution in [0.1, 0.15) is 31.5 Å². The molecule has 7 nitrogen and oxygen atoms in total. The molecule has 34 heavy (non-hydrogen) atoms.